The number of benzene rings is 2. The highest BCUT2D eigenvalue weighted by molar-refractivity contribution is 5.49. The van der Waals surface area contributed by atoms with Crippen molar-refractivity contribution in [3.8, 4) is 0 Å². The molecule has 0 amide bonds. The van der Waals surface area contributed by atoms with E-state index in [0.717, 1.165) is 23.2 Å². The van der Waals surface area contributed by atoms with E-state index < -0.39 is 6.10 Å². The number of nitrogens with zero attached hydrogens (tertiary/aromatic N) is 1. The lowest BCUT2D eigenvalue weighted by atomic mass is 9.99. The minimum atomic E-state index is -0.564. The van der Waals surface area contributed by atoms with Crippen molar-refractivity contribution >= 4 is 5.69 Å². The van der Waals surface area contributed by atoms with Crippen molar-refractivity contribution in [1.82, 2.24) is 0 Å². The molecule has 2 nitrogen and oxygen atoms in total. The van der Waals surface area contributed by atoms with Gasteiger partial charge < -0.3 is 10.0 Å². The van der Waals surface area contributed by atoms with Crippen LogP contribution in [0.2, 0.25) is 0 Å². The molecule has 2 aromatic rings. The number of rotatable bonds is 4. The molecule has 1 unspecified atom stereocenters. The smallest absolute Gasteiger partial charge is 0.104 e. The molecule has 2 aromatic carbocycles. The third-order valence-corrected chi connectivity index (χ3v) is 3.41. The Morgan fingerprint density at radius 3 is 2.26 bits per heavy atom. The van der Waals surface area contributed by atoms with Gasteiger partial charge >= 0.3 is 0 Å². The van der Waals surface area contributed by atoms with Crippen LogP contribution in [0.25, 0.3) is 0 Å². The van der Waals surface area contributed by atoms with Gasteiger partial charge in [0.05, 0.1) is 0 Å². The quantitative estimate of drug-likeness (QED) is 0.905. The van der Waals surface area contributed by atoms with Crippen molar-refractivity contribution in [2.75, 3.05) is 19.0 Å². The molecule has 0 bridgehead atoms. The lowest BCUT2D eigenvalue weighted by Crippen LogP contribution is -2.09. The van der Waals surface area contributed by atoms with E-state index in [1.165, 1.54) is 5.56 Å². The topological polar surface area (TPSA) is 23.5 Å². The summed E-state index contributed by atoms with van der Waals surface area (Å²) in [5, 5.41) is 10.4. The van der Waals surface area contributed by atoms with Crippen LogP contribution in [0.4, 0.5) is 5.69 Å². The van der Waals surface area contributed by atoms with Gasteiger partial charge in [0.1, 0.15) is 6.10 Å². The predicted molar refractivity (Wildman–Crippen MR) is 80.7 cm³/mol. The molecule has 0 spiro atoms. The van der Waals surface area contributed by atoms with E-state index >= 15 is 0 Å². The first-order valence-corrected chi connectivity index (χ1v) is 6.66. The summed E-state index contributed by atoms with van der Waals surface area (Å²) < 4.78 is 0. The second kappa shape index (κ2) is 5.89. The molecule has 0 aliphatic carbocycles. The summed E-state index contributed by atoms with van der Waals surface area (Å²) in [6.45, 7) is 2.13. The van der Waals surface area contributed by atoms with Crippen molar-refractivity contribution in [2.45, 2.75) is 19.4 Å². The highest BCUT2D eigenvalue weighted by Crippen LogP contribution is 2.25. The molecule has 0 fully saturated rings. The highest BCUT2D eigenvalue weighted by Gasteiger charge is 2.11. The van der Waals surface area contributed by atoms with Gasteiger partial charge in [0, 0.05) is 19.8 Å². The van der Waals surface area contributed by atoms with Crippen LogP contribution >= 0.6 is 0 Å². The summed E-state index contributed by atoms with van der Waals surface area (Å²) in [5.41, 5.74) is 4.25. The van der Waals surface area contributed by atoms with E-state index in [2.05, 4.69) is 19.1 Å². The Morgan fingerprint density at radius 2 is 1.68 bits per heavy atom. The fourth-order valence-electron chi connectivity index (χ4n) is 2.10. The van der Waals surface area contributed by atoms with Gasteiger partial charge in [-0.25, -0.2) is 0 Å². The average molecular weight is 255 g/mol. The molecule has 2 heteroatoms. The summed E-state index contributed by atoms with van der Waals surface area (Å²) in [6, 6.07) is 16.2. The molecule has 0 heterocycles. The third kappa shape index (κ3) is 3.15. The zero-order valence-electron chi connectivity index (χ0n) is 11.8. The Kier molecular flexibility index (Phi) is 4.23. The molecule has 0 radical (unpaired) electrons. The molecule has 100 valence electrons. The first kappa shape index (κ1) is 13.6. The molecule has 0 aromatic heterocycles. The fourth-order valence-corrected chi connectivity index (χ4v) is 2.10. The van der Waals surface area contributed by atoms with Gasteiger partial charge in [-0.05, 0) is 35.2 Å². The molecule has 2 rings (SSSR count). The zero-order chi connectivity index (χ0) is 13.8. The monoisotopic (exact) mass is 255 g/mol. The maximum atomic E-state index is 10.4. The number of aliphatic hydroxyl groups is 1. The summed E-state index contributed by atoms with van der Waals surface area (Å²) >= 11 is 0. The maximum absolute atomic E-state index is 10.4. The van der Waals surface area contributed by atoms with E-state index in [1.54, 1.807) is 0 Å². The van der Waals surface area contributed by atoms with E-state index in [0.29, 0.717) is 0 Å². The summed E-state index contributed by atoms with van der Waals surface area (Å²) in [6.07, 6.45) is 0.456. The third-order valence-electron chi connectivity index (χ3n) is 3.41. The SMILES string of the molecule is CCc1ccc(C(O)c2cccc(N(C)C)c2)cc1. The van der Waals surface area contributed by atoms with Gasteiger partial charge in [-0.2, -0.15) is 0 Å². The Hall–Kier alpha value is -1.80. The molecule has 0 aliphatic rings. The van der Waals surface area contributed by atoms with Crippen LogP contribution in [0, 0.1) is 0 Å². The molecular formula is C17H21NO. The second-order valence-corrected chi connectivity index (χ2v) is 4.99. The zero-order valence-corrected chi connectivity index (χ0v) is 11.8. The molecule has 0 aliphatic heterocycles. The minimum absolute atomic E-state index is 0.564. The normalized spacial score (nSPS) is 12.2. The summed E-state index contributed by atoms with van der Waals surface area (Å²) in [4.78, 5) is 2.04. The Labute approximate surface area is 115 Å². The lowest BCUT2D eigenvalue weighted by Gasteiger charge is -2.17. The van der Waals surface area contributed by atoms with E-state index in [9.17, 15) is 5.11 Å². The summed E-state index contributed by atoms with van der Waals surface area (Å²) in [5.74, 6) is 0. The average Bonchev–Trinajstić information content (AvgIpc) is 2.46. The van der Waals surface area contributed by atoms with Crippen LogP contribution < -0.4 is 4.90 Å². The first-order chi connectivity index (χ1) is 9.11. The van der Waals surface area contributed by atoms with Crippen LogP contribution in [-0.2, 0) is 6.42 Å². The van der Waals surface area contributed by atoms with E-state index in [4.69, 9.17) is 0 Å². The number of hydrogen-bond donors (Lipinski definition) is 1. The van der Waals surface area contributed by atoms with Crippen LogP contribution in [0.3, 0.4) is 0 Å². The minimum Gasteiger partial charge on any atom is -0.384 e. The van der Waals surface area contributed by atoms with E-state index in [-0.39, 0.29) is 0 Å². The lowest BCUT2D eigenvalue weighted by molar-refractivity contribution is 0.220. The number of anilines is 1. The van der Waals surface area contributed by atoms with Gasteiger partial charge in [0.25, 0.3) is 0 Å². The Bertz CT molecular complexity index is 531. The van der Waals surface area contributed by atoms with E-state index in [1.807, 2.05) is 55.4 Å². The van der Waals surface area contributed by atoms with Gasteiger partial charge in [-0.3, -0.25) is 0 Å². The van der Waals surface area contributed by atoms with Crippen molar-refractivity contribution < 1.29 is 5.11 Å². The number of aryl methyl sites for hydroxylation is 1. The van der Waals surface area contributed by atoms with Crippen LogP contribution in [0.1, 0.15) is 29.7 Å². The predicted octanol–water partition coefficient (Wildman–Crippen LogP) is 3.40. The van der Waals surface area contributed by atoms with Crippen molar-refractivity contribution in [1.29, 1.82) is 0 Å². The van der Waals surface area contributed by atoms with Gasteiger partial charge in [0.2, 0.25) is 0 Å². The summed E-state index contributed by atoms with van der Waals surface area (Å²) in [7, 11) is 4.00. The molecule has 0 saturated carbocycles. The Balaban J connectivity index is 2.27. The van der Waals surface area contributed by atoms with Crippen LogP contribution in [0.15, 0.2) is 48.5 Å². The van der Waals surface area contributed by atoms with Crippen LogP contribution in [0.5, 0.6) is 0 Å². The van der Waals surface area contributed by atoms with Crippen LogP contribution in [-0.4, -0.2) is 19.2 Å². The molecule has 19 heavy (non-hydrogen) atoms. The standard InChI is InChI=1S/C17H21NO/c1-4-13-8-10-14(11-9-13)17(19)15-6-5-7-16(12-15)18(2)3/h5-12,17,19H,4H2,1-3H3. The molecule has 1 atom stereocenters. The highest BCUT2D eigenvalue weighted by atomic mass is 16.3. The number of aliphatic hydroxyl groups excluding tert-OH is 1. The first-order valence-electron chi connectivity index (χ1n) is 6.66. The molecule has 0 saturated heterocycles. The van der Waals surface area contributed by atoms with Crippen molar-refractivity contribution in [2.24, 2.45) is 0 Å². The Morgan fingerprint density at radius 1 is 1.00 bits per heavy atom. The van der Waals surface area contributed by atoms with Gasteiger partial charge in [-0.1, -0.05) is 43.3 Å². The second-order valence-electron chi connectivity index (χ2n) is 4.99. The molecular weight excluding hydrogens is 234 g/mol. The fraction of sp³-hybridized carbons (Fsp3) is 0.294. The van der Waals surface area contributed by atoms with Gasteiger partial charge in [0.15, 0.2) is 0 Å². The van der Waals surface area contributed by atoms with Crippen molar-refractivity contribution in [3.05, 3.63) is 65.2 Å². The molecule has 1 N–H and O–H groups in total. The largest absolute Gasteiger partial charge is 0.384 e. The van der Waals surface area contributed by atoms with Gasteiger partial charge in [-0.15, -0.1) is 0 Å². The maximum Gasteiger partial charge on any atom is 0.104 e. The van der Waals surface area contributed by atoms with Crippen molar-refractivity contribution in [3.63, 3.8) is 0 Å². The number of hydrogen-bond acceptors (Lipinski definition) is 2.